The molecule has 5 nitrogen and oxygen atoms in total. The summed E-state index contributed by atoms with van der Waals surface area (Å²) in [5, 5.41) is 7.29. The van der Waals surface area contributed by atoms with Crippen molar-refractivity contribution < 1.29 is 4.79 Å². The molecule has 0 atom stereocenters. The molecule has 0 aliphatic heterocycles. The van der Waals surface area contributed by atoms with Crippen LogP contribution in [0, 0.1) is 5.41 Å². The van der Waals surface area contributed by atoms with E-state index >= 15 is 0 Å². The second-order valence-corrected chi connectivity index (χ2v) is 5.45. The van der Waals surface area contributed by atoms with Crippen LogP contribution in [-0.4, -0.2) is 22.2 Å². The Morgan fingerprint density at radius 3 is 2.52 bits per heavy atom. The molecule has 2 rings (SSSR count). The molecule has 1 heterocycles. The van der Waals surface area contributed by atoms with E-state index in [1.54, 1.807) is 10.9 Å². The largest absolute Gasteiger partial charge is 0.351 e. The van der Waals surface area contributed by atoms with E-state index in [4.69, 9.17) is 5.73 Å². The van der Waals surface area contributed by atoms with Crippen molar-refractivity contribution in [2.24, 2.45) is 11.1 Å². The molecule has 23 heavy (non-hydrogen) atoms. The van der Waals surface area contributed by atoms with Gasteiger partial charge < -0.3 is 11.1 Å². The van der Waals surface area contributed by atoms with E-state index in [1.807, 2.05) is 50.4 Å². The molecule has 0 saturated heterocycles. The van der Waals surface area contributed by atoms with Crippen LogP contribution in [0.25, 0.3) is 5.69 Å². The Bertz CT molecular complexity index is 601. The summed E-state index contributed by atoms with van der Waals surface area (Å²) < 4.78 is 1.80. The monoisotopic (exact) mass is 336 g/mol. The highest BCUT2D eigenvalue weighted by Gasteiger charge is 2.33. The quantitative estimate of drug-likeness (QED) is 0.816. The Labute approximate surface area is 143 Å². The van der Waals surface area contributed by atoms with Crippen LogP contribution in [0.4, 0.5) is 0 Å². The molecule has 0 radical (unpaired) electrons. The number of para-hydroxylation sites is 1. The zero-order chi connectivity index (χ0) is 16.0. The van der Waals surface area contributed by atoms with Gasteiger partial charge in [0.15, 0.2) is 0 Å². The van der Waals surface area contributed by atoms with Crippen molar-refractivity contribution in [3.63, 3.8) is 0 Å². The summed E-state index contributed by atoms with van der Waals surface area (Å²) in [6.45, 7) is 4.85. The summed E-state index contributed by atoms with van der Waals surface area (Å²) in [4.78, 5) is 12.5. The lowest BCUT2D eigenvalue weighted by Crippen LogP contribution is -2.45. The molecule has 0 saturated carbocycles. The first-order valence-corrected chi connectivity index (χ1v) is 7.73. The van der Waals surface area contributed by atoms with Gasteiger partial charge in [0.25, 0.3) is 0 Å². The van der Waals surface area contributed by atoms with E-state index in [-0.39, 0.29) is 18.3 Å². The highest BCUT2D eigenvalue weighted by molar-refractivity contribution is 5.85. The number of hydrogen-bond donors (Lipinski definition) is 2. The Morgan fingerprint density at radius 1 is 1.26 bits per heavy atom. The van der Waals surface area contributed by atoms with Crippen LogP contribution in [0.2, 0.25) is 0 Å². The molecule has 0 aliphatic rings. The summed E-state index contributed by atoms with van der Waals surface area (Å²) in [5.74, 6) is 0.0234. The minimum absolute atomic E-state index is 0. The predicted molar refractivity (Wildman–Crippen MR) is 94.7 cm³/mol. The van der Waals surface area contributed by atoms with Gasteiger partial charge in [0.05, 0.1) is 11.1 Å². The van der Waals surface area contributed by atoms with Crippen LogP contribution in [0.1, 0.15) is 32.3 Å². The van der Waals surface area contributed by atoms with Crippen LogP contribution in [0.3, 0.4) is 0 Å². The molecule has 1 amide bonds. The lowest BCUT2D eigenvalue weighted by molar-refractivity contribution is -0.131. The molecule has 6 heteroatoms. The van der Waals surface area contributed by atoms with Gasteiger partial charge in [-0.3, -0.25) is 4.79 Å². The normalized spacial score (nSPS) is 10.9. The van der Waals surface area contributed by atoms with Crippen molar-refractivity contribution in [2.75, 3.05) is 6.54 Å². The van der Waals surface area contributed by atoms with Crippen LogP contribution in [0.5, 0.6) is 0 Å². The molecule has 2 aromatic rings. The summed E-state index contributed by atoms with van der Waals surface area (Å²) in [7, 11) is 0. The van der Waals surface area contributed by atoms with Crippen molar-refractivity contribution in [2.45, 2.75) is 33.2 Å². The second kappa shape index (κ2) is 8.70. The number of amides is 1. The van der Waals surface area contributed by atoms with Gasteiger partial charge >= 0.3 is 0 Å². The number of halogens is 1. The maximum Gasteiger partial charge on any atom is 0.227 e. The van der Waals surface area contributed by atoms with Gasteiger partial charge in [0, 0.05) is 25.5 Å². The van der Waals surface area contributed by atoms with Crippen molar-refractivity contribution in [3.8, 4) is 5.69 Å². The van der Waals surface area contributed by atoms with E-state index in [1.165, 1.54) is 0 Å². The molecule has 3 N–H and O–H groups in total. The molecule has 0 fully saturated rings. The smallest absolute Gasteiger partial charge is 0.227 e. The molecule has 0 spiro atoms. The number of carbonyl (C=O) groups excluding carboxylic acids is 1. The van der Waals surface area contributed by atoms with Gasteiger partial charge in [-0.15, -0.1) is 12.4 Å². The summed E-state index contributed by atoms with van der Waals surface area (Å²) in [6.07, 6.45) is 5.12. The number of nitrogens with one attached hydrogen (secondary N) is 1. The first-order valence-electron chi connectivity index (χ1n) is 7.73. The fourth-order valence-electron chi connectivity index (χ4n) is 2.61. The number of hydrogen-bond acceptors (Lipinski definition) is 3. The van der Waals surface area contributed by atoms with Crippen molar-refractivity contribution in [1.29, 1.82) is 0 Å². The average Bonchev–Trinajstić information content (AvgIpc) is 3.09. The summed E-state index contributed by atoms with van der Waals surface area (Å²) in [5.41, 5.74) is 7.36. The third-order valence-corrected chi connectivity index (χ3v) is 4.41. The van der Waals surface area contributed by atoms with E-state index in [9.17, 15) is 4.79 Å². The van der Waals surface area contributed by atoms with Gasteiger partial charge in [-0.1, -0.05) is 32.0 Å². The van der Waals surface area contributed by atoms with Gasteiger partial charge in [0.2, 0.25) is 5.91 Å². The fraction of sp³-hybridized carbons (Fsp3) is 0.412. The molecule has 1 aromatic heterocycles. The molecular weight excluding hydrogens is 312 g/mol. The molecule has 126 valence electrons. The lowest BCUT2D eigenvalue weighted by atomic mass is 9.81. The Balaban J connectivity index is 0.00000264. The van der Waals surface area contributed by atoms with Gasteiger partial charge in [0.1, 0.15) is 0 Å². The Morgan fingerprint density at radius 2 is 1.96 bits per heavy atom. The second-order valence-electron chi connectivity index (χ2n) is 5.45. The number of nitrogens with zero attached hydrogens (tertiary/aromatic N) is 2. The molecule has 0 bridgehead atoms. The molecule has 0 unspecified atom stereocenters. The third-order valence-electron chi connectivity index (χ3n) is 4.41. The standard InChI is InChI=1S/C17H24N4O.ClH/c1-3-17(4-2,13-18)16(22)19-12-14-8-5-6-9-15(14)21-11-7-10-20-21;/h5-11H,3-4,12-13,18H2,1-2H3,(H,19,22);1H. The van der Waals surface area contributed by atoms with E-state index in [2.05, 4.69) is 10.4 Å². The van der Waals surface area contributed by atoms with Gasteiger partial charge in [-0.25, -0.2) is 4.68 Å². The first-order chi connectivity index (χ1) is 10.7. The van der Waals surface area contributed by atoms with E-state index in [0.29, 0.717) is 13.1 Å². The number of nitrogens with two attached hydrogens (primary N) is 1. The third kappa shape index (κ3) is 4.12. The topological polar surface area (TPSA) is 72.9 Å². The van der Waals surface area contributed by atoms with Crippen LogP contribution in [0.15, 0.2) is 42.7 Å². The predicted octanol–water partition coefficient (Wildman–Crippen LogP) is 2.68. The highest BCUT2D eigenvalue weighted by atomic mass is 35.5. The first kappa shape index (κ1) is 19.2. The SMILES string of the molecule is CCC(CC)(CN)C(=O)NCc1ccccc1-n1cccn1.Cl. The van der Waals surface area contributed by atoms with Crippen LogP contribution < -0.4 is 11.1 Å². The van der Waals surface area contributed by atoms with Crippen LogP contribution >= 0.6 is 12.4 Å². The number of carbonyl (C=O) groups is 1. The minimum atomic E-state index is -0.472. The minimum Gasteiger partial charge on any atom is -0.351 e. The number of aromatic nitrogens is 2. The Kier molecular flexibility index (Phi) is 7.26. The summed E-state index contributed by atoms with van der Waals surface area (Å²) in [6, 6.07) is 9.79. The zero-order valence-electron chi connectivity index (χ0n) is 13.7. The highest BCUT2D eigenvalue weighted by Crippen LogP contribution is 2.25. The number of benzene rings is 1. The van der Waals surface area contributed by atoms with Crippen molar-refractivity contribution in [3.05, 3.63) is 48.3 Å². The van der Waals surface area contributed by atoms with Crippen LogP contribution in [-0.2, 0) is 11.3 Å². The lowest BCUT2D eigenvalue weighted by Gasteiger charge is -2.28. The van der Waals surface area contributed by atoms with Gasteiger partial charge in [-0.05, 0) is 30.5 Å². The van der Waals surface area contributed by atoms with Crippen molar-refractivity contribution in [1.82, 2.24) is 15.1 Å². The zero-order valence-corrected chi connectivity index (χ0v) is 14.5. The average molecular weight is 337 g/mol. The molecular formula is C17H25ClN4O. The van der Waals surface area contributed by atoms with E-state index < -0.39 is 5.41 Å². The summed E-state index contributed by atoms with van der Waals surface area (Å²) >= 11 is 0. The fourth-order valence-corrected chi connectivity index (χ4v) is 2.61. The maximum absolute atomic E-state index is 12.5. The maximum atomic E-state index is 12.5. The van der Waals surface area contributed by atoms with Crippen molar-refractivity contribution >= 4 is 18.3 Å². The Hall–Kier alpha value is -1.85. The van der Waals surface area contributed by atoms with E-state index in [0.717, 1.165) is 24.1 Å². The molecule has 0 aliphatic carbocycles. The number of rotatable bonds is 7. The molecule has 1 aromatic carbocycles. The van der Waals surface area contributed by atoms with Gasteiger partial charge in [-0.2, -0.15) is 5.10 Å².